The lowest BCUT2D eigenvalue weighted by Crippen LogP contribution is -2.22. The molecule has 1 aliphatic rings. The van der Waals surface area contributed by atoms with Gasteiger partial charge in [-0.3, -0.25) is 4.79 Å². The summed E-state index contributed by atoms with van der Waals surface area (Å²) in [5.74, 6) is 0.585. The van der Waals surface area contributed by atoms with Crippen LogP contribution >= 0.6 is 0 Å². The van der Waals surface area contributed by atoms with E-state index in [1.54, 1.807) is 13.0 Å². The second kappa shape index (κ2) is 5.59. The average Bonchev–Trinajstić information content (AvgIpc) is 2.59. The Morgan fingerprint density at radius 2 is 1.72 bits per heavy atom. The number of benzene rings is 2. The lowest BCUT2D eigenvalue weighted by Gasteiger charge is -2.28. The summed E-state index contributed by atoms with van der Waals surface area (Å²) in [6.45, 7) is 5.44. The third-order valence-corrected chi connectivity index (χ3v) is 4.97. The summed E-state index contributed by atoms with van der Waals surface area (Å²) in [6.07, 6.45) is -0.0316. The van der Waals surface area contributed by atoms with Gasteiger partial charge in [0.05, 0.1) is 17.4 Å². The van der Waals surface area contributed by atoms with Crippen molar-refractivity contribution < 1.29 is 13.9 Å². The van der Waals surface area contributed by atoms with Crippen molar-refractivity contribution in [3.05, 3.63) is 74.6 Å². The topological polar surface area (TPSA) is 56.5 Å². The van der Waals surface area contributed by atoms with E-state index in [9.17, 15) is 9.59 Å². The van der Waals surface area contributed by atoms with E-state index in [2.05, 4.69) is 0 Å². The molecule has 4 heteroatoms. The van der Waals surface area contributed by atoms with Gasteiger partial charge in [-0.15, -0.1) is 0 Å². The van der Waals surface area contributed by atoms with Gasteiger partial charge in [-0.25, -0.2) is 4.79 Å². The highest BCUT2D eigenvalue weighted by Crippen LogP contribution is 2.42. The first kappa shape index (κ1) is 15.6. The highest BCUT2D eigenvalue weighted by molar-refractivity contribution is 6.07. The van der Waals surface area contributed by atoms with E-state index in [0.29, 0.717) is 34.3 Å². The Morgan fingerprint density at radius 3 is 2.44 bits per heavy atom. The molecule has 2 aromatic carbocycles. The number of hydrogen-bond donors (Lipinski definition) is 0. The number of carbonyl (C=O) groups excluding carboxylic acids is 1. The first-order chi connectivity index (χ1) is 12.0. The van der Waals surface area contributed by atoms with Crippen LogP contribution in [0.15, 0.2) is 45.6 Å². The minimum atomic E-state index is -0.355. The van der Waals surface area contributed by atoms with Gasteiger partial charge in [0.15, 0.2) is 5.78 Å². The van der Waals surface area contributed by atoms with Crippen LogP contribution in [0, 0.1) is 20.8 Å². The fourth-order valence-corrected chi connectivity index (χ4v) is 3.48. The standard InChI is InChI=1S/C21H18O4/c1-11-9-17-19(12(2)13(3)21(23)25-17)20-18(11)15(22)10-16(24-20)14-7-5-4-6-8-14/h4-9,16H,10H2,1-3H3/t16-/m1/s1. The van der Waals surface area contributed by atoms with Crippen molar-refractivity contribution in [1.29, 1.82) is 0 Å². The zero-order valence-electron chi connectivity index (χ0n) is 14.4. The number of fused-ring (bicyclic) bond motifs is 3. The minimum Gasteiger partial charge on any atom is -0.484 e. The van der Waals surface area contributed by atoms with E-state index in [0.717, 1.165) is 16.7 Å². The van der Waals surface area contributed by atoms with Crippen LogP contribution in [-0.2, 0) is 0 Å². The molecule has 0 saturated heterocycles. The van der Waals surface area contributed by atoms with Gasteiger partial charge in [0, 0.05) is 5.56 Å². The summed E-state index contributed by atoms with van der Waals surface area (Å²) in [6, 6.07) is 11.5. The molecule has 0 saturated carbocycles. The lowest BCUT2D eigenvalue weighted by atomic mass is 9.90. The van der Waals surface area contributed by atoms with Crippen LogP contribution in [0.3, 0.4) is 0 Å². The molecular formula is C21H18O4. The number of rotatable bonds is 1. The van der Waals surface area contributed by atoms with Gasteiger partial charge in [0.1, 0.15) is 17.4 Å². The van der Waals surface area contributed by atoms with Crippen LogP contribution in [0.2, 0.25) is 0 Å². The largest absolute Gasteiger partial charge is 0.484 e. The number of aryl methyl sites for hydroxylation is 2. The number of Topliss-reactive ketones (excluding diaryl/α,β-unsaturated/α-hetero) is 1. The Kier molecular flexibility index (Phi) is 3.49. The van der Waals surface area contributed by atoms with Crippen LogP contribution in [0.1, 0.15) is 45.1 Å². The molecular weight excluding hydrogens is 316 g/mol. The number of ether oxygens (including phenoxy) is 1. The third-order valence-electron chi connectivity index (χ3n) is 4.97. The fraction of sp³-hybridized carbons (Fsp3) is 0.238. The van der Waals surface area contributed by atoms with Crippen LogP contribution in [0.4, 0.5) is 0 Å². The van der Waals surface area contributed by atoms with Crippen molar-refractivity contribution in [2.45, 2.75) is 33.3 Å². The van der Waals surface area contributed by atoms with Gasteiger partial charge in [-0.05, 0) is 43.5 Å². The molecule has 1 aromatic heterocycles. The predicted molar refractivity (Wildman–Crippen MR) is 95.5 cm³/mol. The van der Waals surface area contributed by atoms with Crippen molar-refractivity contribution in [3.63, 3.8) is 0 Å². The molecule has 0 radical (unpaired) electrons. The zero-order valence-corrected chi connectivity index (χ0v) is 14.4. The summed E-state index contributed by atoms with van der Waals surface area (Å²) < 4.78 is 11.7. The first-order valence-electron chi connectivity index (χ1n) is 8.29. The van der Waals surface area contributed by atoms with E-state index in [1.165, 1.54) is 0 Å². The highest BCUT2D eigenvalue weighted by atomic mass is 16.5. The van der Waals surface area contributed by atoms with Crippen LogP contribution in [-0.4, -0.2) is 5.78 Å². The van der Waals surface area contributed by atoms with Crippen molar-refractivity contribution in [2.75, 3.05) is 0 Å². The maximum Gasteiger partial charge on any atom is 0.339 e. The quantitative estimate of drug-likeness (QED) is 0.618. The second-order valence-corrected chi connectivity index (χ2v) is 6.55. The van der Waals surface area contributed by atoms with Gasteiger partial charge in [0.2, 0.25) is 0 Å². The fourth-order valence-electron chi connectivity index (χ4n) is 3.48. The van der Waals surface area contributed by atoms with Gasteiger partial charge in [-0.2, -0.15) is 0 Å². The Morgan fingerprint density at radius 1 is 1.00 bits per heavy atom. The molecule has 4 rings (SSSR count). The minimum absolute atomic E-state index is 0.0535. The third kappa shape index (κ3) is 2.37. The summed E-state index contributed by atoms with van der Waals surface area (Å²) in [5.41, 5.74) is 3.77. The number of ketones is 1. The molecule has 2 heterocycles. The molecule has 0 aliphatic carbocycles. The van der Waals surface area contributed by atoms with Crippen LogP contribution in [0.5, 0.6) is 5.75 Å². The Labute approximate surface area is 145 Å². The summed E-state index contributed by atoms with van der Waals surface area (Å²) >= 11 is 0. The van der Waals surface area contributed by atoms with Gasteiger partial charge < -0.3 is 9.15 Å². The SMILES string of the molecule is Cc1cc2oc(=O)c(C)c(C)c2c2c1C(=O)C[C@H](c1ccccc1)O2. The van der Waals surface area contributed by atoms with Crippen molar-refractivity contribution >= 4 is 16.8 Å². The monoisotopic (exact) mass is 334 g/mol. The molecule has 0 unspecified atom stereocenters. The molecule has 1 aliphatic heterocycles. The average molecular weight is 334 g/mol. The normalized spacial score (nSPS) is 16.6. The first-order valence-corrected chi connectivity index (χ1v) is 8.29. The van der Waals surface area contributed by atoms with E-state index >= 15 is 0 Å². The smallest absolute Gasteiger partial charge is 0.339 e. The molecule has 25 heavy (non-hydrogen) atoms. The van der Waals surface area contributed by atoms with E-state index in [-0.39, 0.29) is 17.5 Å². The van der Waals surface area contributed by atoms with Gasteiger partial charge in [-0.1, -0.05) is 30.3 Å². The number of hydrogen-bond acceptors (Lipinski definition) is 4. The van der Waals surface area contributed by atoms with Gasteiger partial charge >= 0.3 is 5.63 Å². The molecule has 0 amide bonds. The Bertz CT molecular complexity index is 1060. The molecule has 126 valence electrons. The molecule has 0 N–H and O–H groups in total. The Hall–Kier alpha value is -2.88. The summed E-state index contributed by atoms with van der Waals surface area (Å²) in [7, 11) is 0. The molecule has 4 nitrogen and oxygen atoms in total. The van der Waals surface area contributed by atoms with E-state index in [4.69, 9.17) is 9.15 Å². The van der Waals surface area contributed by atoms with Crippen LogP contribution < -0.4 is 10.4 Å². The predicted octanol–water partition coefficient (Wildman–Crippen LogP) is 4.42. The lowest BCUT2D eigenvalue weighted by molar-refractivity contribution is 0.0852. The molecule has 1 atom stereocenters. The van der Waals surface area contributed by atoms with Gasteiger partial charge in [0.25, 0.3) is 0 Å². The molecule has 3 aromatic rings. The Balaban J connectivity index is 2.00. The molecule has 0 spiro atoms. The zero-order chi connectivity index (χ0) is 17.7. The van der Waals surface area contributed by atoms with Crippen molar-refractivity contribution in [2.24, 2.45) is 0 Å². The van der Waals surface area contributed by atoms with Crippen LogP contribution in [0.25, 0.3) is 11.0 Å². The van der Waals surface area contributed by atoms with Crippen molar-refractivity contribution in [1.82, 2.24) is 0 Å². The second-order valence-electron chi connectivity index (χ2n) is 6.55. The maximum absolute atomic E-state index is 12.8. The van der Waals surface area contributed by atoms with E-state index < -0.39 is 0 Å². The molecule has 0 bridgehead atoms. The van der Waals surface area contributed by atoms with E-state index in [1.807, 2.05) is 44.2 Å². The highest BCUT2D eigenvalue weighted by Gasteiger charge is 2.32. The number of carbonyl (C=O) groups is 1. The summed E-state index contributed by atoms with van der Waals surface area (Å²) in [4.78, 5) is 24.8. The maximum atomic E-state index is 12.8. The van der Waals surface area contributed by atoms with Crippen molar-refractivity contribution in [3.8, 4) is 5.75 Å². The summed E-state index contributed by atoms with van der Waals surface area (Å²) in [5, 5.41) is 0.715. The molecule has 0 fully saturated rings.